The first kappa shape index (κ1) is 16.5. The van der Waals surface area contributed by atoms with Gasteiger partial charge in [-0.3, -0.25) is 0 Å². The van der Waals surface area contributed by atoms with Crippen molar-refractivity contribution in [1.82, 2.24) is 25.1 Å². The largest absolute Gasteiger partial charge is 0.312 e. The van der Waals surface area contributed by atoms with Crippen molar-refractivity contribution < 1.29 is 0 Å². The molecule has 0 radical (unpaired) electrons. The summed E-state index contributed by atoms with van der Waals surface area (Å²) in [6.07, 6.45) is 0.895. The Bertz CT molecular complexity index is 589. The summed E-state index contributed by atoms with van der Waals surface area (Å²) < 4.78 is 4.09. The highest BCUT2D eigenvalue weighted by atomic mass is 32.1. The van der Waals surface area contributed by atoms with Gasteiger partial charge in [0.15, 0.2) is 5.01 Å². The number of rotatable bonds is 4. The molecule has 7 heteroatoms. The molecule has 0 aliphatic carbocycles. The summed E-state index contributed by atoms with van der Waals surface area (Å²) in [5.74, 6) is 0. The fourth-order valence-electron chi connectivity index (χ4n) is 1.81. The van der Waals surface area contributed by atoms with Crippen molar-refractivity contribution in [3.8, 4) is 9.88 Å². The molecule has 0 atom stereocenters. The maximum atomic E-state index is 4.32. The molecule has 0 spiro atoms. The van der Waals surface area contributed by atoms with Gasteiger partial charge in [-0.05, 0) is 32.3 Å². The monoisotopic (exact) mass is 325 g/mol. The van der Waals surface area contributed by atoms with E-state index >= 15 is 0 Å². The second-order valence-electron chi connectivity index (χ2n) is 7.13. The number of nitrogens with one attached hydrogen (secondary N) is 1. The second-order valence-corrected chi connectivity index (χ2v) is 8.94. The van der Waals surface area contributed by atoms with Crippen molar-refractivity contribution in [3.05, 3.63) is 10.7 Å². The quantitative estimate of drug-likeness (QED) is 0.934. The Balaban J connectivity index is 2.09. The van der Waals surface area contributed by atoms with Crippen molar-refractivity contribution >= 4 is 22.9 Å². The molecule has 0 amide bonds. The van der Waals surface area contributed by atoms with Crippen molar-refractivity contribution in [2.75, 3.05) is 6.54 Å². The Hall–Kier alpha value is -0.920. The summed E-state index contributed by atoms with van der Waals surface area (Å²) >= 11 is 3.04. The molecule has 0 aromatic carbocycles. The molecule has 2 rings (SSSR count). The van der Waals surface area contributed by atoms with Gasteiger partial charge >= 0.3 is 0 Å². The van der Waals surface area contributed by atoms with Crippen LogP contribution in [0, 0.1) is 0 Å². The van der Waals surface area contributed by atoms with Crippen molar-refractivity contribution in [2.45, 2.75) is 58.9 Å². The lowest BCUT2D eigenvalue weighted by Gasteiger charge is -2.19. The maximum Gasteiger partial charge on any atom is 0.161 e. The van der Waals surface area contributed by atoms with Gasteiger partial charge in [-0.1, -0.05) is 36.6 Å². The number of hydrogen-bond acceptors (Lipinski definition) is 7. The van der Waals surface area contributed by atoms with E-state index in [4.69, 9.17) is 0 Å². The fraction of sp³-hybridized carbons (Fsp3) is 0.714. The Kier molecular flexibility index (Phi) is 4.75. The second kappa shape index (κ2) is 6.06. The Morgan fingerprint density at radius 3 is 2.33 bits per heavy atom. The zero-order valence-corrected chi connectivity index (χ0v) is 15.2. The molecule has 2 aromatic heterocycles. The van der Waals surface area contributed by atoms with Crippen molar-refractivity contribution in [2.24, 2.45) is 0 Å². The molecular weight excluding hydrogens is 302 g/mol. The van der Waals surface area contributed by atoms with Crippen molar-refractivity contribution in [3.63, 3.8) is 0 Å². The van der Waals surface area contributed by atoms with E-state index in [0.717, 1.165) is 33.6 Å². The molecule has 2 heterocycles. The summed E-state index contributed by atoms with van der Waals surface area (Å²) in [5.41, 5.74) is 1.11. The highest BCUT2D eigenvalue weighted by Gasteiger charge is 2.25. The van der Waals surface area contributed by atoms with E-state index in [9.17, 15) is 0 Å². The van der Waals surface area contributed by atoms with Crippen LogP contribution in [-0.4, -0.2) is 31.9 Å². The predicted octanol–water partition coefficient (Wildman–Crippen LogP) is 3.28. The van der Waals surface area contributed by atoms with Crippen LogP contribution in [0.5, 0.6) is 0 Å². The average molecular weight is 326 g/mol. The lowest BCUT2D eigenvalue weighted by molar-refractivity contribution is 0.429. The van der Waals surface area contributed by atoms with Crippen molar-refractivity contribution in [1.29, 1.82) is 0 Å². The van der Waals surface area contributed by atoms with Crippen LogP contribution in [0.25, 0.3) is 9.88 Å². The molecule has 2 aromatic rings. The number of hydrogen-bond donors (Lipinski definition) is 1. The van der Waals surface area contributed by atoms with E-state index in [-0.39, 0.29) is 11.0 Å². The van der Waals surface area contributed by atoms with Crippen LogP contribution in [0.4, 0.5) is 0 Å². The minimum absolute atomic E-state index is 0.0258. The molecule has 0 aliphatic heterocycles. The minimum atomic E-state index is -0.0258. The lowest BCUT2D eigenvalue weighted by Crippen LogP contribution is -2.37. The van der Waals surface area contributed by atoms with E-state index in [2.05, 4.69) is 66.6 Å². The van der Waals surface area contributed by atoms with Gasteiger partial charge in [0.1, 0.15) is 9.88 Å². The SMILES string of the molecule is CC(C)(C)NCCc1nnc(-c2snnc2C(C)(C)C)s1. The van der Waals surface area contributed by atoms with E-state index in [1.165, 1.54) is 11.5 Å². The van der Waals surface area contributed by atoms with E-state index in [0.29, 0.717) is 0 Å². The zero-order valence-electron chi connectivity index (χ0n) is 13.5. The summed E-state index contributed by atoms with van der Waals surface area (Å²) in [7, 11) is 0. The maximum absolute atomic E-state index is 4.32. The first-order chi connectivity index (χ1) is 9.67. The minimum Gasteiger partial charge on any atom is -0.312 e. The van der Waals surface area contributed by atoms with E-state index in [1.54, 1.807) is 11.3 Å². The Morgan fingerprint density at radius 1 is 1.00 bits per heavy atom. The van der Waals surface area contributed by atoms with Gasteiger partial charge in [-0.15, -0.1) is 15.3 Å². The molecule has 0 saturated heterocycles. The summed E-state index contributed by atoms with van der Waals surface area (Å²) in [6.45, 7) is 13.8. The van der Waals surface area contributed by atoms with Gasteiger partial charge in [-0.2, -0.15) is 0 Å². The molecule has 5 nitrogen and oxygen atoms in total. The highest BCUT2D eigenvalue weighted by molar-refractivity contribution is 7.19. The molecule has 0 fully saturated rings. The highest BCUT2D eigenvalue weighted by Crippen LogP contribution is 2.35. The standard InChI is InChI=1S/C14H23N5S2/c1-13(2,3)11-10(21-19-17-11)12-18-16-9(20-12)7-8-15-14(4,5)6/h15H,7-8H2,1-6H3. The zero-order chi connectivity index (χ0) is 15.7. The Morgan fingerprint density at radius 2 is 1.71 bits per heavy atom. The normalized spacial score (nSPS) is 12.9. The summed E-state index contributed by atoms with van der Waals surface area (Å²) in [5, 5.41) is 18.3. The number of aromatic nitrogens is 4. The summed E-state index contributed by atoms with van der Waals surface area (Å²) in [4.78, 5) is 1.05. The van der Waals surface area contributed by atoms with Gasteiger partial charge < -0.3 is 5.32 Å². The summed E-state index contributed by atoms with van der Waals surface area (Å²) in [6, 6.07) is 0. The lowest BCUT2D eigenvalue weighted by atomic mass is 9.91. The van der Waals surface area contributed by atoms with Crippen LogP contribution in [0.1, 0.15) is 52.2 Å². The van der Waals surface area contributed by atoms with Crippen LogP contribution in [0.2, 0.25) is 0 Å². The molecule has 1 N–H and O–H groups in total. The third kappa shape index (κ3) is 4.52. The van der Waals surface area contributed by atoms with Gasteiger partial charge in [-0.25, -0.2) is 0 Å². The molecular formula is C14H23N5S2. The Labute approximate surface area is 134 Å². The smallest absolute Gasteiger partial charge is 0.161 e. The molecule has 0 aliphatic rings. The molecule has 0 saturated carbocycles. The number of nitrogens with zero attached hydrogens (tertiary/aromatic N) is 4. The van der Waals surface area contributed by atoms with Crippen LogP contribution in [0.15, 0.2) is 0 Å². The average Bonchev–Trinajstić information content (AvgIpc) is 2.92. The van der Waals surface area contributed by atoms with Gasteiger partial charge in [0.05, 0.1) is 5.69 Å². The topological polar surface area (TPSA) is 63.6 Å². The first-order valence-electron chi connectivity index (χ1n) is 7.07. The van der Waals surface area contributed by atoms with Crippen LogP contribution in [-0.2, 0) is 11.8 Å². The van der Waals surface area contributed by atoms with Crippen LogP contribution in [0.3, 0.4) is 0 Å². The molecule has 0 bridgehead atoms. The van der Waals surface area contributed by atoms with Gasteiger partial charge in [0.2, 0.25) is 0 Å². The van der Waals surface area contributed by atoms with Gasteiger partial charge in [0.25, 0.3) is 0 Å². The van der Waals surface area contributed by atoms with Crippen LogP contribution >= 0.6 is 22.9 Å². The third-order valence-corrected chi connectivity index (χ3v) is 4.72. The van der Waals surface area contributed by atoms with Gasteiger partial charge in [0, 0.05) is 23.9 Å². The van der Waals surface area contributed by atoms with E-state index < -0.39 is 0 Å². The first-order valence-corrected chi connectivity index (χ1v) is 8.66. The van der Waals surface area contributed by atoms with Crippen LogP contribution < -0.4 is 5.32 Å². The molecule has 116 valence electrons. The molecule has 0 unspecified atom stereocenters. The third-order valence-electron chi connectivity index (χ3n) is 2.85. The molecule has 21 heavy (non-hydrogen) atoms. The van der Waals surface area contributed by atoms with E-state index in [1.807, 2.05) is 0 Å². The fourth-order valence-corrected chi connectivity index (χ4v) is 3.59. The predicted molar refractivity (Wildman–Crippen MR) is 89.0 cm³/mol.